The number of hydrogen-bond donors (Lipinski definition) is 0. The summed E-state index contributed by atoms with van der Waals surface area (Å²) in [5.41, 5.74) is 6.23. The highest BCUT2D eigenvalue weighted by Crippen LogP contribution is 2.32. The van der Waals surface area contributed by atoms with Crippen molar-refractivity contribution in [1.29, 1.82) is 0 Å². The molecular formula is C34H28Cl2N2O3. The Balaban J connectivity index is 1.44. The van der Waals surface area contributed by atoms with E-state index in [9.17, 15) is 4.79 Å². The van der Waals surface area contributed by atoms with Gasteiger partial charge in [-0.2, -0.15) is 0 Å². The Kier molecular flexibility index (Phi) is 8.88. The van der Waals surface area contributed by atoms with Crippen LogP contribution in [0.3, 0.4) is 0 Å². The quantitative estimate of drug-likeness (QED) is 0.163. The maximum absolute atomic E-state index is 11.7. The van der Waals surface area contributed by atoms with Gasteiger partial charge >= 0.3 is 5.97 Å². The number of esters is 1. The minimum absolute atomic E-state index is 0.362. The molecule has 0 N–H and O–H groups in total. The van der Waals surface area contributed by atoms with Crippen molar-refractivity contribution in [1.82, 2.24) is 9.55 Å². The Labute approximate surface area is 249 Å². The molecule has 1 heterocycles. The number of carbonyl (C=O) groups excluding carboxylic acids is 1. The van der Waals surface area contributed by atoms with Crippen LogP contribution >= 0.6 is 23.2 Å². The second kappa shape index (κ2) is 12.9. The van der Waals surface area contributed by atoms with Crippen LogP contribution in [0.1, 0.15) is 34.2 Å². The van der Waals surface area contributed by atoms with E-state index in [-0.39, 0.29) is 5.97 Å². The minimum atomic E-state index is -0.363. The predicted octanol–water partition coefficient (Wildman–Crippen LogP) is 9.08. The molecule has 5 rings (SSSR count). The van der Waals surface area contributed by atoms with Crippen LogP contribution in [0.25, 0.3) is 34.5 Å². The number of aryl methyl sites for hydroxylation is 1. The smallest absolute Gasteiger partial charge is 0.337 e. The lowest BCUT2D eigenvalue weighted by Crippen LogP contribution is -2.02. The summed E-state index contributed by atoms with van der Waals surface area (Å²) in [7, 11) is 1.37. The molecule has 0 bridgehead atoms. The fourth-order valence-electron chi connectivity index (χ4n) is 4.48. The first-order valence-electron chi connectivity index (χ1n) is 13.2. The molecule has 0 saturated carbocycles. The van der Waals surface area contributed by atoms with Crippen molar-refractivity contribution in [3.05, 3.63) is 130 Å². The molecule has 0 aliphatic carbocycles. The fraction of sp³-hybridized carbons (Fsp3) is 0.118. The van der Waals surface area contributed by atoms with E-state index < -0.39 is 0 Å². The molecular weight excluding hydrogens is 555 g/mol. The molecule has 4 aromatic carbocycles. The van der Waals surface area contributed by atoms with Gasteiger partial charge in [-0.15, -0.1) is 0 Å². The Bertz CT molecular complexity index is 1690. The highest BCUT2D eigenvalue weighted by Gasteiger charge is 2.12. The maximum atomic E-state index is 11.7. The van der Waals surface area contributed by atoms with Crippen LogP contribution < -0.4 is 4.74 Å². The number of nitrogens with zero attached hydrogens (tertiary/aromatic N) is 2. The maximum Gasteiger partial charge on any atom is 0.337 e. The second-order valence-electron chi connectivity index (χ2n) is 9.32. The third-order valence-corrected chi connectivity index (χ3v) is 7.20. The summed E-state index contributed by atoms with van der Waals surface area (Å²) >= 11 is 12.6. The Morgan fingerprint density at radius 2 is 1.66 bits per heavy atom. The average Bonchev–Trinajstić information content (AvgIpc) is 3.42. The zero-order valence-electron chi connectivity index (χ0n) is 22.7. The van der Waals surface area contributed by atoms with Crippen molar-refractivity contribution < 1.29 is 14.3 Å². The summed E-state index contributed by atoms with van der Waals surface area (Å²) in [6.45, 7) is 3.19. The molecule has 0 atom stereocenters. The molecule has 0 fully saturated rings. The van der Waals surface area contributed by atoms with Gasteiger partial charge in [-0.25, -0.2) is 9.78 Å². The molecule has 206 valence electrons. The standard InChI is InChI=1S/C34H28Cl2N2O3/c1-3-38-21-32(30-16-14-27(35)20-31(30)36)37-33(38)18-13-26-19-28(15-17-29(26)24-7-5-4-6-8-24)41-22-23-9-11-25(12-10-23)34(39)40-2/h4-21H,3,22H2,1-2H3/b18-13+. The van der Waals surface area contributed by atoms with Crippen LogP contribution in [0, 0.1) is 0 Å². The van der Waals surface area contributed by atoms with Crippen LogP contribution in [0.5, 0.6) is 5.75 Å². The number of benzene rings is 4. The van der Waals surface area contributed by atoms with Gasteiger partial charge in [0.05, 0.1) is 23.4 Å². The van der Waals surface area contributed by atoms with Crippen LogP contribution in [-0.2, 0) is 17.9 Å². The van der Waals surface area contributed by atoms with Gasteiger partial charge in [0, 0.05) is 23.3 Å². The summed E-state index contributed by atoms with van der Waals surface area (Å²) in [5, 5.41) is 1.15. The Morgan fingerprint density at radius 1 is 0.902 bits per heavy atom. The highest BCUT2D eigenvalue weighted by atomic mass is 35.5. The van der Waals surface area contributed by atoms with Crippen LogP contribution in [0.15, 0.2) is 97.2 Å². The van der Waals surface area contributed by atoms with E-state index in [4.69, 9.17) is 37.7 Å². The second-order valence-corrected chi connectivity index (χ2v) is 10.2. The van der Waals surface area contributed by atoms with Gasteiger partial charge in [0.15, 0.2) is 0 Å². The van der Waals surface area contributed by atoms with Crippen molar-refractivity contribution in [2.24, 2.45) is 0 Å². The van der Waals surface area contributed by atoms with E-state index in [2.05, 4.69) is 35.8 Å². The summed E-state index contributed by atoms with van der Waals surface area (Å²) in [6, 6.07) is 28.9. The normalized spacial score (nSPS) is 11.1. The first-order chi connectivity index (χ1) is 19.9. The molecule has 7 heteroatoms. The van der Waals surface area contributed by atoms with Gasteiger partial charge in [-0.1, -0.05) is 77.8 Å². The van der Waals surface area contributed by atoms with Crippen molar-refractivity contribution in [3.63, 3.8) is 0 Å². The summed E-state index contributed by atoms with van der Waals surface area (Å²) < 4.78 is 13.0. The van der Waals surface area contributed by atoms with Crippen LogP contribution in [0.2, 0.25) is 10.0 Å². The van der Waals surface area contributed by atoms with Gasteiger partial charge in [-0.3, -0.25) is 0 Å². The number of halogens is 2. The number of rotatable bonds is 9. The van der Waals surface area contributed by atoms with Gasteiger partial charge in [0.1, 0.15) is 18.2 Å². The molecule has 0 spiro atoms. The van der Waals surface area contributed by atoms with Crippen LogP contribution in [-0.4, -0.2) is 22.6 Å². The molecule has 5 nitrogen and oxygen atoms in total. The van der Waals surface area contributed by atoms with Gasteiger partial charge in [-0.05, 0) is 77.7 Å². The SMILES string of the molecule is CCn1cc(-c2ccc(Cl)cc2Cl)nc1/C=C/c1cc(OCc2ccc(C(=O)OC)cc2)ccc1-c1ccccc1. The minimum Gasteiger partial charge on any atom is -0.489 e. The van der Waals surface area contributed by atoms with E-state index >= 15 is 0 Å². The lowest BCUT2D eigenvalue weighted by molar-refractivity contribution is 0.0600. The zero-order valence-corrected chi connectivity index (χ0v) is 24.2. The van der Waals surface area contributed by atoms with Gasteiger partial charge in [0.25, 0.3) is 0 Å². The third-order valence-electron chi connectivity index (χ3n) is 6.66. The highest BCUT2D eigenvalue weighted by molar-refractivity contribution is 6.36. The lowest BCUT2D eigenvalue weighted by Gasteiger charge is -2.12. The summed E-state index contributed by atoms with van der Waals surface area (Å²) in [5.74, 6) is 1.18. The van der Waals surface area contributed by atoms with Crippen molar-refractivity contribution in [2.75, 3.05) is 7.11 Å². The number of hydrogen-bond acceptors (Lipinski definition) is 4. The van der Waals surface area contributed by atoms with E-state index in [1.807, 2.05) is 66.9 Å². The first kappa shape index (κ1) is 28.2. The number of ether oxygens (including phenoxy) is 2. The molecule has 0 unspecified atom stereocenters. The molecule has 0 aliphatic heterocycles. The van der Waals surface area contributed by atoms with E-state index in [0.717, 1.165) is 51.6 Å². The number of aromatic nitrogens is 2. The lowest BCUT2D eigenvalue weighted by atomic mass is 9.99. The predicted molar refractivity (Wildman–Crippen MR) is 166 cm³/mol. The van der Waals surface area contributed by atoms with Gasteiger partial charge in [0.2, 0.25) is 0 Å². The van der Waals surface area contributed by atoms with Crippen molar-refractivity contribution in [2.45, 2.75) is 20.1 Å². The van der Waals surface area contributed by atoms with Gasteiger partial charge < -0.3 is 14.0 Å². The number of imidazole rings is 1. The number of methoxy groups -OCH3 is 1. The van der Waals surface area contributed by atoms with E-state index in [1.54, 1.807) is 18.2 Å². The fourth-order valence-corrected chi connectivity index (χ4v) is 4.98. The largest absolute Gasteiger partial charge is 0.489 e. The van der Waals surface area contributed by atoms with Crippen molar-refractivity contribution in [3.8, 4) is 28.1 Å². The molecule has 41 heavy (non-hydrogen) atoms. The average molecular weight is 584 g/mol. The molecule has 0 saturated heterocycles. The van der Waals surface area contributed by atoms with E-state index in [1.165, 1.54) is 7.11 Å². The van der Waals surface area contributed by atoms with E-state index in [0.29, 0.717) is 22.2 Å². The summed E-state index contributed by atoms with van der Waals surface area (Å²) in [6.07, 6.45) is 6.06. The molecule has 0 radical (unpaired) electrons. The molecule has 0 amide bonds. The topological polar surface area (TPSA) is 53.4 Å². The molecule has 5 aromatic rings. The molecule has 0 aliphatic rings. The van der Waals surface area contributed by atoms with Crippen molar-refractivity contribution >= 4 is 41.3 Å². The monoisotopic (exact) mass is 582 g/mol. The zero-order chi connectivity index (χ0) is 28.8. The Hall–Kier alpha value is -4.32. The number of carbonyl (C=O) groups is 1. The Morgan fingerprint density at radius 3 is 2.37 bits per heavy atom. The molecule has 1 aromatic heterocycles. The van der Waals surface area contributed by atoms with Crippen LogP contribution in [0.4, 0.5) is 0 Å². The third kappa shape index (κ3) is 6.71. The summed E-state index contributed by atoms with van der Waals surface area (Å²) in [4.78, 5) is 16.6. The first-order valence-corrected chi connectivity index (χ1v) is 13.9.